The Bertz CT molecular complexity index is 560. The van der Waals surface area contributed by atoms with Crippen LogP contribution >= 0.6 is 0 Å². The van der Waals surface area contributed by atoms with Gasteiger partial charge in [-0.3, -0.25) is 4.21 Å². The summed E-state index contributed by atoms with van der Waals surface area (Å²) in [6.07, 6.45) is 0. The number of aryl methyl sites for hydroxylation is 2. The van der Waals surface area contributed by atoms with Crippen molar-refractivity contribution in [3.8, 4) is 0 Å². The van der Waals surface area contributed by atoms with Crippen LogP contribution in [0.4, 0.5) is 0 Å². The maximum absolute atomic E-state index is 12.2. The number of hydrogen-bond donors (Lipinski definition) is 1. The van der Waals surface area contributed by atoms with E-state index < -0.39 is 10.8 Å². The highest BCUT2D eigenvalue weighted by Gasteiger charge is 2.11. The first kappa shape index (κ1) is 14.0. The molecular formula is C16H19NOS. The summed E-state index contributed by atoms with van der Waals surface area (Å²) in [4.78, 5) is 0.841. The molecule has 2 nitrogen and oxygen atoms in total. The van der Waals surface area contributed by atoms with E-state index >= 15 is 0 Å². The monoisotopic (exact) mass is 273 g/mol. The van der Waals surface area contributed by atoms with Gasteiger partial charge in [0, 0.05) is 16.7 Å². The van der Waals surface area contributed by atoms with E-state index in [4.69, 9.17) is 5.73 Å². The third-order valence-corrected chi connectivity index (χ3v) is 4.58. The van der Waals surface area contributed by atoms with Gasteiger partial charge in [0.25, 0.3) is 0 Å². The van der Waals surface area contributed by atoms with Gasteiger partial charge in [0.15, 0.2) is 0 Å². The highest BCUT2D eigenvalue weighted by atomic mass is 32.2. The van der Waals surface area contributed by atoms with E-state index in [1.165, 1.54) is 11.1 Å². The Balaban J connectivity index is 2.06. The molecule has 2 N–H and O–H groups in total. The van der Waals surface area contributed by atoms with Crippen LogP contribution in [0.2, 0.25) is 0 Å². The molecule has 0 aliphatic heterocycles. The van der Waals surface area contributed by atoms with E-state index in [2.05, 4.69) is 0 Å². The largest absolute Gasteiger partial charge is 0.323 e. The highest BCUT2D eigenvalue weighted by molar-refractivity contribution is 7.85. The molecule has 0 bridgehead atoms. The maximum atomic E-state index is 12.2. The predicted molar refractivity (Wildman–Crippen MR) is 80.6 cm³/mol. The first-order valence-electron chi connectivity index (χ1n) is 6.33. The van der Waals surface area contributed by atoms with Crippen molar-refractivity contribution in [1.82, 2.24) is 0 Å². The molecule has 2 aromatic rings. The number of hydrogen-bond acceptors (Lipinski definition) is 2. The molecule has 0 amide bonds. The van der Waals surface area contributed by atoms with Crippen LogP contribution in [0, 0.1) is 13.8 Å². The predicted octanol–water partition coefficient (Wildman–Crippen LogP) is 3.11. The first-order chi connectivity index (χ1) is 9.06. The quantitative estimate of drug-likeness (QED) is 0.930. The Morgan fingerprint density at radius 3 is 1.95 bits per heavy atom. The lowest BCUT2D eigenvalue weighted by atomic mass is 10.1. The van der Waals surface area contributed by atoms with E-state index in [9.17, 15) is 4.21 Å². The van der Waals surface area contributed by atoms with Gasteiger partial charge in [0.1, 0.15) is 0 Å². The summed E-state index contributed by atoms with van der Waals surface area (Å²) in [7, 11) is -1.05. The van der Waals surface area contributed by atoms with Gasteiger partial charge in [-0.2, -0.15) is 0 Å². The van der Waals surface area contributed by atoms with Crippen LogP contribution in [0.3, 0.4) is 0 Å². The first-order valence-corrected chi connectivity index (χ1v) is 7.65. The van der Waals surface area contributed by atoms with E-state index in [1.54, 1.807) is 0 Å². The fraction of sp³-hybridized carbons (Fsp3) is 0.250. The molecule has 2 atom stereocenters. The summed E-state index contributed by atoms with van der Waals surface area (Å²) in [6, 6.07) is 15.7. The van der Waals surface area contributed by atoms with Gasteiger partial charge in [-0.15, -0.1) is 0 Å². The molecular weight excluding hydrogens is 254 g/mol. The normalized spacial score (nSPS) is 14.1. The number of rotatable bonds is 4. The Hall–Kier alpha value is -1.45. The molecule has 0 radical (unpaired) electrons. The Morgan fingerprint density at radius 2 is 1.42 bits per heavy atom. The van der Waals surface area contributed by atoms with Crippen LogP contribution in [0.1, 0.15) is 22.7 Å². The maximum Gasteiger partial charge on any atom is 0.0548 e. The van der Waals surface area contributed by atoms with Gasteiger partial charge in [0.2, 0.25) is 0 Å². The Labute approximate surface area is 117 Å². The number of nitrogens with two attached hydrogens (primary N) is 1. The topological polar surface area (TPSA) is 43.1 Å². The van der Waals surface area contributed by atoms with Crippen molar-refractivity contribution in [3.63, 3.8) is 0 Å². The van der Waals surface area contributed by atoms with Crippen molar-refractivity contribution >= 4 is 10.8 Å². The zero-order valence-electron chi connectivity index (χ0n) is 11.3. The van der Waals surface area contributed by atoms with Crippen LogP contribution in [-0.2, 0) is 10.8 Å². The van der Waals surface area contributed by atoms with Crippen molar-refractivity contribution < 1.29 is 4.21 Å². The lowest BCUT2D eigenvalue weighted by molar-refractivity contribution is 0.675. The molecule has 0 aliphatic carbocycles. The number of benzene rings is 2. The summed E-state index contributed by atoms with van der Waals surface area (Å²) in [6.45, 7) is 4.06. The molecule has 2 unspecified atom stereocenters. The lowest BCUT2D eigenvalue weighted by Crippen LogP contribution is -2.18. The fourth-order valence-corrected chi connectivity index (χ4v) is 3.01. The third kappa shape index (κ3) is 3.75. The molecule has 2 rings (SSSR count). The van der Waals surface area contributed by atoms with Gasteiger partial charge in [-0.1, -0.05) is 47.5 Å². The van der Waals surface area contributed by atoms with Crippen molar-refractivity contribution in [2.75, 3.05) is 5.75 Å². The van der Waals surface area contributed by atoms with E-state index in [1.807, 2.05) is 62.4 Å². The smallest absolute Gasteiger partial charge is 0.0548 e. The molecule has 2 aromatic carbocycles. The Kier molecular flexibility index (Phi) is 4.51. The SMILES string of the molecule is Cc1ccc(C(N)CS(=O)c2ccc(C)cc2)cc1. The van der Waals surface area contributed by atoms with Gasteiger partial charge < -0.3 is 5.73 Å². The molecule has 0 saturated heterocycles. The van der Waals surface area contributed by atoms with Crippen molar-refractivity contribution in [2.45, 2.75) is 24.8 Å². The molecule has 100 valence electrons. The molecule has 0 saturated carbocycles. The zero-order chi connectivity index (χ0) is 13.8. The van der Waals surface area contributed by atoms with Gasteiger partial charge in [-0.05, 0) is 31.5 Å². The molecule has 0 aromatic heterocycles. The summed E-state index contributed by atoms with van der Waals surface area (Å²) in [5.41, 5.74) is 9.53. The second-order valence-corrected chi connectivity index (χ2v) is 6.34. The van der Waals surface area contributed by atoms with E-state index in [0.29, 0.717) is 5.75 Å². The average molecular weight is 273 g/mol. The van der Waals surface area contributed by atoms with Crippen molar-refractivity contribution in [2.24, 2.45) is 5.73 Å². The zero-order valence-corrected chi connectivity index (χ0v) is 12.1. The van der Waals surface area contributed by atoms with Crippen LogP contribution < -0.4 is 5.73 Å². The average Bonchev–Trinajstić information content (AvgIpc) is 2.40. The van der Waals surface area contributed by atoms with Gasteiger partial charge in [0.05, 0.1) is 10.8 Å². The molecule has 0 aliphatic rings. The Morgan fingerprint density at radius 1 is 0.947 bits per heavy atom. The molecule has 0 heterocycles. The fourth-order valence-electron chi connectivity index (χ4n) is 1.86. The summed E-state index contributed by atoms with van der Waals surface area (Å²) < 4.78 is 12.2. The van der Waals surface area contributed by atoms with Crippen LogP contribution in [0.5, 0.6) is 0 Å². The minimum absolute atomic E-state index is 0.192. The third-order valence-electron chi connectivity index (χ3n) is 3.12. The summed E-state index contributed by atoms with van der Waals surface area (Å²) in [5.74, 6) is 0.451. The van der Waals surface area contributed by atoms with Crippen molar-refractivity contribution in [3.05, 3.63) is 65.2 Å². The van der Waals surface area contributed by atoms with E-state index in [-0.39, 0.29) is 6.04 Å². The molecule has 0 spiro atoms. The van der Waals surface area contributed by atoms with Crippen LogP contribution in [-0.4, -0.2) is 9.96 Å². The lowest BCUT2D eigenvalue weighted by Gasteiger charge is -2.12. The van der Waals surface area contributed by atoms with Gasteiger partial charge in [-0.25, -0.2) is 0 Å². The van der Waals surface area contributed by atoms with Gasteiger partial charge >= 0.3 is 0 Å². The van der Waals surface area contributed by atoms with Crippen LogP contribution in [0.25, 0.3) is 0 Å². The molecule has 3 heteroatoms. The second kappa shape index (κ2) is 6.13. The summed E-state index contributed by atoms with van der Waals surface area (Å²) >= 11 is 0. The van der Waals surface area contributed by atoms with Crippen molar-refractivity contribution in [1.29, 1.82) is 0 Å². The van der Waals surface area contributed by atoms with Crippen LogP contribution in [0.15, 0.2) is 53.4 Å². The molecule has 19 heavy (non-hydrogen) atoms. The molecule has 0 fully saturated rings. The second-order valence-electron chi connectivity index (χ2n) is 4.84. The standard InChI is InChI=1S/C16H19NOS/c1-12-3-7-14(8-4-12)16(17)11-19(18)15-9-5-13(2)6-10-15/h3-10,16H,11,17H2,1-2H3. The van der Waals surface area contributed by atoms with E-state index in [0.717, 1.165) is 10.5 Å². The minimum atomic E-state index is -1.05. The highest BCUT2D eigenvalue weighted by Crippen LogP contribution is 2.16. The summed E-state index contributed by atoms with van der Waals surface area (Å²) in [5, 5.41) is 0. The minimum Gasteiger partial charge on any atom is -0.323 e.